The summed E-state index contributed by atoms with van der Waals surface area (Å²) in [5, 5.41) is 0. The van der Waals surface area contributed by atoms with Gasteiger partial charge in [-0.2, -0.15) is 4.99 Å². The molecule has 3 heteroatoms. The van der Waals surface area contributed by atoms with E-state index in [1.165, 1.54) is 32.1 Å². The van der Waals surface area contributed by atoms with Crippen LogP contribution in [0.4, 0.5) is 5.69 Å². The van der Waals surface area contributed by atoms with Gasteiger partial charge in [0, 0.05) is 0 Å². The first kappa shape index (κ1) is 15.5. The highest BCUT2D eigenvalue weighted by molar-refractivity contribution is 5.55. The predicted molar refractivity (Wildman–Crippen MR) is 77.8 cm³/mol. The fraction of sp³-hybridized carbons (Fsp3) is 0.562. The maximum Gasteiger partial charge on any atom is 0.240 e. The number of unbranched alkanes of at least 4 members (excludes halogenated alkanes) is 5. The zero-order valence-corrected chi connectivity index (χ0v) is 11.9. The van der Waals surface area contributed by atoms with Gasteiger partial charge in [-0.1, -0.05) is 39.0 Å². The van der Waals surface area contributed by atoms with Crippen LogP contribution in [0.3, 0.4) is 0 Å². The summed E-state index contributed by atoms with van der Waals surface area (Å²) in [7, 11) is 0. The molecule has 1 aromatic rings. The van der Waals surface area contributed by atoms with Crippen LogP contribution >= 0.6 is 0 Å². The van der Waals surface area contributed by atoms with Gasteiger partial charge in [0.1, 0.15) is 5.75 Å². The molecule has 0 saturated heterocycles. The predicted octanol–water partition coefficient (Wildman–Crippen LogP) is 4.70. The number of benzene rings is 1. The van der Waals surface area contributed by atoms with Crippen molar-refractivity contribution in [3.8, 4) is 5.75 Å². The number of hydrogen-bond donors (Lipinski definition) is 0. The number of rotatable bonds is 9. The lowest BCUT2D eigenvalue weighted by atomic mass is 10.1. The summed E-state index contributed by atoms with van der Waals surface area (Å²) in [5.74, 6) is 0.843. The Balaban J connectivity index is 2.26. The van der Waals surface area contributed by atoms with E-state index in [-0.39, 0.29) is 0 Å². The summed E-state index contributed by atoms with van der Waals surface area (Å²) >= 11 is 0. The number of nitrogens with zero attached hydrogens (tertiary/aromatic N) is 1. The molecule has 0 saturated carbocycles. The largest absolute Gasteiger partial charge is 0.494 e. The Morgan fingerprint density at radius 2 is 1.89 bits per heavy atom. The first-order valence-electron chi connectivity index (χ1n) is 7.09. The van der Waals surface area contributed by atoms with Crippen LogP contribution in [0.5, 0.6) is 5.75 Å². The van der Waals surface area contributed by atoms with Crippen molar-refractivity contribution >= 4 is 11.8 Å². The fourth-order valence-electron chi connectivity index (χ4n) is 1.96. The van der Waals surface area contributed by atoms with Crippen LogP contribution in [0.2, 0.25) is 0 Å². The topological polar surface area (TPSA) is 38.7 Å². The summed E-state index contributed by atoms with van der Waals surface area (Å²) in [5.41, 5.74) is 1.59. The van der Waals surface area contributed by atoms with Gasteiger partial charge in [-0.3, -0.25) is 0 Å². The standard InChI is InChI=1S/C16H23NO2/c1-3-4-5-6-7-8-11-19-15-9-10-16(17-13-18)14(2)12-15/h9-10,12H,3-8,11H2,1-2H3. The van der Waals surface area contributed by atoms with Crippen LogP contribution in [-0.4, -0.2) is 12.7 Å². The third kappa shape index (κ3) is 6.21. The van der Waals surface area contributed by atoms with E-state index < -0.39 is 0 Å². The number of carbonyl (C=O) groups excluding carboxylic acids is 1. The molecule has 0 amide bonds. The van der Waals surface area contributed by atoms with Crippen molar-refractivity contribution in [2.75, 3.05) is 6.61 Å². The maximum absolute atomic E-state index is 10.2. The van der Waals surface area contributed by atoms with Crippen molar-refractivity contribution in [1.82, 2.24) is 0 Å². The van der Waals surface area contributed by atoms with Crippen LogP contribution < -0.4 is 4.74 Å². The van der Waals surface area contributed by atoms with E-state index in [4.69, 9.17) is 4.74 Å². The summed E-state index contributed by atoms with van der Waals surface area (Å²) in [6, 6.07) is 5.55. The molecule has 3 nitrogen and oxygen atoms in total. The summed E-state index contributed by atoms with van der Waals surface area (Å²) in [6.07, 6.45) is 9.12. The second-order valence-electron chi connectivity index (χ2n) is 4.77. The van der Waals surface area contributed by atoms with Crippen LogP contribution in [0.25, 0.3) is 0 Å². The zero-order chi connectivity index (χ0) is 13.9. The van der Waals surface area contributed by atoms with E-state index in [1.54, 1.807) is 12.1 Å². The second kappa shape index (κ2) is 9.35. The lowest BCUT2D eigenvalue weighted by Crippen LogP contribution is -1.97. The molecule has 0 heterocycles. The molecular weight excluding hydrogens is 238 g/mol. The molecule has 0 bridgehead atoms. The van der Waals surface area contributed by atoms with Gasteiger partial charge in [-0.15, -0.1) is 0 Å². The molecule has 1 aromatic carbocycles. The molecule has 19 heavy (non-hydrogen) atoms. The third-order valence-corrected chi connectivity index (χ3v) is 3.10. The van der Waals surface area contributed by atoms with E-state index >= 15 is 0 Å². The highest BCUT2D eigenvalue weighted by atomic mass is 16.5. The lowest BCUT2D eigenvalue weighted by Gasteiger charge is -2.07. The number of aryl methyl sites for hydroxylation is 1. The second-order valence-corrected chi connectivity index (χ2v) is 4.77. The van der Waals surface area contributed by atoms with Gasteiger partial charge >= 0.3 is 0 Å². The quantitative estimate of drug-likeness (QED) is 0.367. The Kier molecular flexibility index (Phi) is 7.60. The summed E-state index contributed by atoms with van der Waals surface area (Å²) in [6.45, 7) is 4.89. The van der Waals surface area contributed by atoms with Crippen molar-refractivity contribution in [3.05, 3.63) is 23.8 Å². The SMILES string of the molecule is CCCCCCCCOc1ccc(N=C=O)c(C)c1. The first-order valence-corrected chi connectivity index (χ1v) is 7.09. The van der Waals surface area contributed by atoms with Gasteiger partial charge in [-0.25, -0.2) is 4.79 Å². The molecule has 0 aliphatic rings. The average molecular weight is 261 g/mol. The number of hydrogen-bond acceptors (Lipinski definition) is 3. The van der Waals surface area contributed by atoms with Crippen molar-refractivity contribution in [3.63, 3.8) is 0 Å². The molecule has 0 aliphatic heterocycles. The van der Waals surface area contributed by atoms with Crippen LogP contribution in [0, 0.1) is 6.92 Å². The zero-order valence-electron chi connectivity index (χ0n) is 11.9. The van der Waals surface area contributed by atoms with Gasteiger partial charge in [0.05, 0.1) is 12.3 Å². The maximum atomic E-state index is 10.2. The molecule has 0 spiro atoms. The van der Waals surface area contributed by atoms with Gasteiger partial charge in [0.2, 0.25) is 6.08 Å². The number of isocyanates is 1. The minimum absolute atomic E-state index is 0.655. The highest BCUT2D eigenvalue weighted by Crippen LogP contribution is 2.23. The van der Waals surface area contributed by atoms with Gasteiger partial charge in [-0.05, 0) is 37.1 Å². The Hall–Kier alpha value is -1.60. The number of aliphatic imine (C=N–C) groups is 1. The van der Waals surface area contributed by atoms with E-state index in [1.807, 2.05) is 19.1 Å². The Morgan fingerprint density at radius 3 is 2.58 bits per heavy atom. The fourth-order valence-corrected chi connectivity index (χ4v) is 1.96. The van der Waals surface area contributed by atoms with Crippen LogP contribution in [-0.2, 0) is 4.79 Å². The molecule has 0 fully saturated rings. The third-order valence-electron chi connectivity index (χ3n) is 3.10. The van der Waals surface area contributed by atoms with Gasteiger partial charge < -0.3 is 4.74 Å². The highest BCUT2D eigenvalue weighted by Gasteiger charge is 2.00. The van der Waals surface area contributed by atoms with Crippen LogP contribution in [0.1, 0.15) is 51.0 Å². The normalized spacial score (nSPS) is 10.0. The lowest BCUT2D eigenvalue weighted by molar-refractivity contribution is 0.304. The van der Waals surface area contributed by atoms with E-state index in [9.17, 15) is 4.79 Å². The van der Waals surface area contributed by atoms with E-state index in [2.05, 4.69) is 11.9 Å². The smallest absolute Gasteiger partial charge is 0.240 e. The average Bonchev–Trinajstić information content (AvgIpc) is 2.41. The summed E-state index contributed by atoms with van der Waals surface area (Å²) in [4.78, 5) is 13.8. The monoisotopic (exact) mass is 261 g/mol. The molecule has 0 radical (unpaired) electrons. The molecule has 0 aromatic heterocycles. The van der Waals surface area contributed by atoms with Gasteiger partial charge in [0.25, 0.3) is 0 Å². The molecule has 0 atom stereocenters. The molecule has 104 valence electrons. The molecule has 0 aliphatic carbocycles. The minimum atomic E-state index is 0.655. The van der Waals surface area contributed by atoms with Crippen LogP contribution in [0.15, 0.2) is 23.2 Å². The summed E-state index contributed by atoms with van der Waals surface area (Å²) < 4.78 is 5.69. The Bertz CT molecular complexity index is 423. The Morgan fingerprint density at radius 1 is 1.16 bits per heavy atom. The molecule has 0 unspecified atom stereocenters. The Labute approximate surface area is 115 Å². The minimum Gasteiger partial charge on any atom is -0.494 e. The van der Waals surface area contributed by atoms with Crippen molar-refractivity contribution in [2.24, 2.45) is 4.99 Å². The number of ether oxygens (including phenoxy) is 1. The van der Waals surface area contributed by atoms with Crippen molar-refractivity contribution < 1.29 is 9.53 Å². The molecule has 0 N–H and O–H groups in total. The molecular formula is C16H23NO2. The molecule has 1 rings (SSSR count). The van der Waals surface area contributed by atoms with Crippen molar-refractivity contribution in [2.45, 2.75) is 52.4 Å². The van der Waals surface area contributed by atoms with Crippen molar-refractivity contribution in [1.29, 1.82) is 0 Å². The first-order chi connectivity index (χ1) is 9.27. The van der Waals surface area contributed by atoms with E-state index in [0.717, 1.165) is 24.3 Å². The van der Waals surface area contributed by atoms with Gasteiger partial charge in [0.15, 0.2) is 0 Å². The van der Waals surface area contributed by atoms with E-state index in [0.29, 0.717) is 5.69 Å².